The van der Waals surface area contributed by atoms with Crippen molar-refractivity contribution in [2.75, 3.05) is 11.9 Å². The Hall–Kier alpha value is -1.11. The Morgan fingerprint density at radius 2 is 2.00 bits per heavy atom. The van der Waals surface area contributed by atoms with Gasteiger partial charge in [-0.15, -0.1) is 0 Å². The average molecular weight is 272 g/mol. The maximum Gasteiger partial charge on any atom is 0.389 e. The number of aromatic nitrogens is 2. The molecule has 0 aliphatic rings. The monoisotopic (exact) mass is 271 g/mol. The molecule has 1 heterocycles. The third-order valence-corrected chi connectivity index (χ3v) is 2.08. The van der Waals surface area contributed by atoms with Gasteiger partial charge in [-0.25, -0.2) is 9.37 Å². The lowest BCUT2D eigenvalue weighted by Crippen LogP contribution is -2.10. The Bertz CT molecular complexity index is 370. The van der Waals surface area contributed by atoms with Gasteiger partial charge in [-0.05, 0) is 24.4 Å². The zero-order valence-electron chi connectivity index (χ0n) is 8.69. The Morgan fingerprint density at radius 1 is 1.29 bits per heavy atom. The fourth-order valence-corrected chi connectivity index (χ4v) is 1.26. The quantitative estimate of drug-likeness (QED) is 0.507. The van der Waals surface area contributed by atoms with Crippen LogP contribution in [0.1, 0.15) is 19.3 Å². The molecular weight excluding hydrogens is 262 g/mol. The molecule has 0 spiro atoms. The van der Waals surface area contributed by atoms with Gasteiger partial charge in [0.2, 0.25) is 5.28 Å². The molecule has 0 unspecified atom stereocenters. The highest BCUT2D eigenvalue weighted by Crippen LogP contribution is 2.22. The second-order valence-corrected chi connectivity index (χ2v) is 3.67. The van der Waals surface area contributed by atoms with Gasteiger partial charge in [-0.3, -0.25) is 0 Å². The van der Waals surface area contributed by atoms with Gasteiger partial charge in [0.1, 0.15) is 0 Å². The summed E-state index contributed by atoms with van der Waals surface area (Å²) in [6.45, 7) is 0.195. The van der Waals surface area contributed by atoms with E-state index < -0.39 is 18.4 Å². The average Bonchev–Trinajstić information content (AvgIpc) is 2.21. The van der Waals surface area contributed by atoms with Crippen molar-refractivity contribution in [3.63, 3.8) is 0 Å². The minimum absolute atomic E-state index is 0.0169. The summed E-state index contributed by atoms with van der Waals surface area (Å²) in [6.07, 6.45) is -3.85. The Kier molecular flexibility index (Phi) is 4.92. The van der Waals surface area contributed by atoms with E-state index >= 15 is 0 Å². The van der Waals surface area contributed by atoms with Gasteiger partial charge >= 0.3 is 6.18 Å². The van der Waals surface area contributed by atoms with Crippen LogP contribution in [-0.4, -0.2) is 22.7 Å². The molecule has 0 saturated heterocycles. The number of hydrogen-bond acceptors (Lipinski definition) is 3. The molecule has 1 aromatic heterocycles. The number of alkyl halides is 3. The number of anilines is 1. The molecular formula is C9H10ClF4N3. The minimum atomic E-state index is -4.15. The van der Waals surface area contributed by atoms with Gasteiger partial charge in [-0.1, -0.05) is 0 Å². The van der Waals surface area contributed by atoms with Crippen LogP contribution in [0.15, 0.2) is 6.20 Å². The van der Waals surface area contributed by atoms with Gasteiger partial charge in [0.15, 0.2) is 11.6 Å². The predicted octanol–water partition coefficient (Wildman–Crippen LogP) is 3.41. The van der Waals surface area contributed by atoms with Gasteiger partial charge in [0, 0.05) is 13.0 Å². The second kappa shape index (κ2) is 6.00. The fraction of sp³-hybridized carbons (Fsp3) is 0.556. The molecule has 3 nitrogen and oxygen atoms in total. The molecule has 17 heavy (non-hydrogen) atoms. The third-order valence-electron chi connectivity index (χ3n) is 1.89. The SMILES string of the molecule is Fc1cnc(Cl)nc1NCCCCC(F)(F)F. The van der Waals surface area contributed by atoms with E-state index in [4.69, 9.17) is 11.6 Å². The largest absolute Gasteiger partial charge is 0.389 e. The lowest BCUT2D eigenvalue weighted by atomic mass is 10.2. The van der Waals surface area contributed by atoms with Crippen LogP contribution in [0.2, 0.25) is 5.28 Å². The maximum absolute atomic E-state index is 13.0. The first kappa shape index (κ1) is 14.0. The maximum atomic E-state index is 13.0. The van der Waals surface area contributed by atoms with Crippen LogP contribution in [0.4, 0.5) is 23.4 Å². The standard InChI is InChI=1S/C9H10ClF4N3/c10-8-16-5-6(11)7(17-8)15-4-2-1-3-9(12,13)14/h5H,1-4H2,(H,15,16,17). The van der Waals surface area contributed by atoms with E-state index in [1.165, 1.54) is 0 Å². The molecule has 0 saturated carbocycles. The molecule has 0 atom stereocenters. The number of rotatable bonds is 5. The van der Waals surface area contributed by atoms with Crippen LogP contribution >= 0.6 is 11.6 Å². The molecule has 0 amide bonds. The molecule has 8 heteroatoms. The fourth-order valence-electron chi connectivity index (χ4n) is 1.13. The van der Waals surface area contributed by atoms with Crippen molar-refractivity contribution in [1.82, 2.24) is 9.97 Å². The van der Waals surface area contributed by atoms with Gasteiger partial charge in [0.05, 0.1) is 6.20 Å². The lowest BCUT2D eigenvalue weighted by Gasteiger charge is -2.07. The van der Waals surface area contributed by atoms with Gasteiger partial charge in [0.25, 0.3) is 0 Å². The first-order valence-corrected chi connectivity index (χ1v) is 5.25. The van der Waals surface area contributed by atoms with Crippen LogP contribution in [0.3, 0.4) is 0 Å². The molecule has 0 aromatic carbocycles. The van der Waals surface area contributed by atoms with E-state index in [0.717, 1.165) is 6.20 Å². The summed E-state index contributed by atoms with van der Waals surface area (Å²) >= 11 is 5.44. The Labute approximate surface area is 100 Å². The number of nitrogens with one attached hydrogen (secondary N) is 1. The minimum Gasteiger partial charge on any atom is -0.367 e. The zero-order chi connectivity index (χ0) is 12.9. The zero-order valence-corrected chi connectivity index (χ0v) is 9.45. The van der Waals surface area contributed by atoms with E-state index in [2.05, 4.69) is 15.3 Å². The number of hydrogen-bond donors (Lipinski definition) is 1. The van der Waals surface area contributed by atoms with E-state index in [1.54, 1.807) is 0 Å². The predicted molar refractivity (Wildman–Crippen MR) is 55.4 cm³/mol. The van der Waals surface area contributed by atoms with Crippen molar-refractivity contribution in [2.24, 2.45) is 0 Å². The first-order valence-electron chi connectivity index (χ1n) is 4.87. The topological polar surface area (TPSA) is 37.8 Å². The highest BCUT2D eigenvalue weighted by Gasteiger charge is 2.25. The summed E-state index contributed by atoms with van der Waals surface area (Å²) in [7, 11) is 0. The van der Waals surface area contributed by atoms with Gasteiger partial charge < -0.3 is 5.32 Å². The van der Waals surface area contributed by atoms with Crippen LogP contribution in [0.25, 0.3) is 0 Å². The van der Waals surface area contributed by atoms with Crippen molar-refractivity contribution in [3.8, 4) is 0 Å². The van der Waals surface area contributed by atoms with Crippen molar-refractivity contribution in [3.05, 3.63) is 17.3 Å². The summed E-state index contributed by atoms with van der Waals surface area (Å²) in [4.78, 5) is 6.97. The molecule has 1 aromatic rings. The summed E-state index contributed by atoms with van der Waals surface area (Å²) in [6, 6.07) is 0. The second-order valence-electron chi connectivity index (χ2n) is 3.33. The summed E-state index contributed by atoms with van der Waals surface area (Å²) in [5, 5.41) is 2.44. The normalized spacial score (nSPS) is 11.6. The van der Waals surface area contributed by atoms with Crippen molar-refractivity contribution in [2.45, 2.75) is 25.4 Å². The molecule has 0 radical (unpaired) electrons. The highest BCUT2D eigenvalue weighted by atomic mass is 35.5. The van der Waals surface area contributed by atoms with Gasteiger partial charge in [-0.2, -0.15) is 18.2 Å². The van der Waals surface area contributed by atoms with E-state index in [1.807, 2.05) is 0 Å². The molecule has 96 valence electrons. The van der Waals surface area contributed by atoms with E-state index in [-0.39, 0.29) is 30.5 Å². The molecule has 0 fully saturated rings. The smallest absolute Gasteiger partial charge is 0.367 e. The molecule has 1 N–H and O–H groups in total. The Morgan fingerprint density at radius 3 is 2.65 bits per heavy atom. The third kappa shape index (κ3) is 5.67. The van der Waals surface area contributed by atoms with E-state index in [9.17, 15) is 17.6 Å². The number of nitrogens with zero attached hydrogens (tertiary/aromatic N) is 2. The summed E-state index contributed by atoms with van der Waals surface area (Å²) < 4.78 is 48.5. The molecule has 0 aliphatic carbocycles. The van der Waals surface area contributed by atoms with Crippen LogP contribution in [0.5, 0.6) is 0 Å². The highest BCUT2D eigenvalue weighted by molar-refractivity contribution is 6.28. The first-order chi connectivity index (χ1) is 7.88. The Balaban J connectivity index is 2.29. The van der Waals surface area contributed by atoms with Crippen molar-refractivity contribution >= 4 is 17.4 Å². The van der Waals surface area contributed by atoms with E-state index in [0.29, 0.717) is 0 Å². The van der Waals surface area contributed by atoms with Crippen molar-refractivity contribution in [1.29, 1.82) is 0 Å². The number of halogens is 5. The lowest BCUT2D eigenvalue weighted by molar-refractivity contribution is -0.135. The molecule has 0 aliphatic heterocycles. The van der Waals surface area contributed by atoms with Crippen LogP contribution < -0.4 is 5.32 Å². The molecule has 0 bridgehead atoms. The van der Waals surface area contributed by atoms with Crippen LogP contribution in [-0.2, 0) is 0 Å². The summed E-state index contributed by atoms with van der Waals surface area (Å²) in [5.74, 6) is -0.790. The molecule has 1 rings (SSSR count). The number of unbranched alkanes of at least 4 members (excludes halogenated alkanes) is 1. The van der Waals surface area contributed by atoms with Crippen molar-refractivity contribution < 1.29 is 17.6 Å². The van der Waals surface area contributed by atoms with Crippen LogP contribution in [0, 0.1) is 5.82 Å². The summed E-state index contributed by atoms with van der Waals surface area (Å²) in [5.41, 5.74) is 0.